The van der Waals surface area contributed by atoms with Crippen molar-refractivity contribution < 1.29 is 22.8 Å². The Morgan fingerprint density at radius 3 is 2.47 bits per heavy atom. The Hall–Kier alpha value is -2.49. The van der Waals surface area contributed by atoms with Crippen LogP contribution in [0.25, 0.3) is 11.3 Å². The van der Waals surface area contributed by atoms with E-state index in [4.69, 9.17) is 0 Å². The predicted molar refractivity (Wildman–Crippen MR) is 108 cm³/mol. The molecule has 1 aliphatic rings. The third-order valence-corrected chi connectivity index (χ3v) is 5.85. The van der Waals surface area contributed by atoms with Crippen LogP contribution in [0, 0.1) is 0 Å². The van der Waals surface area contributed by atoms with Gasteiger partial charge >= 0.3 is 6.18 Å². The molecule has 10 heteroatoms. The molecule has 1 aliphatic heterocycles. The Balaban J connectivity index is 1.63. The molecule has 1 N–H and O–H groups in total. The number of halogens is 3. The maximum atomic E-state index is 13.1. The molecule has 1 fully saturated rings. The fraction of sp³-hybridized carbons (Fsp3) is 0.450. The zero-order valence-corrected chi connectivity index (χ0v) is 17.3. The summed E-state index contributed by atoms with van der Waals surface area (Å²) in [5.74, 6) is -0.277. The second-order valence-electron chi connectivity index (χ2n) is 7.13. The highest BCUT2D eigenvalue weighted by atomic mass is 32.2. The van der Waals surface area contributed by atoms with Crippen molar-refractivity contribution in [1.82, 2.24) is 19.8 Å². The predicted octanol–water partition coefficient (Wildman–Crippen LogP) is 3.33. The molecule has 2 aromatic rings. The number of carbonyl (C=O) groups excluding carboxylic acids is 2. The van der Waals surface area contributed by atoms with Crippen molar-refractivity contribution in [2.75, 3.05) is 18.8 Å². The molecule has 1 saturated heterocycles. The molecule has 0 bridgehead atoms. The van der Waals surface area contributed by atoms with Crippen LogP contribution in [-0.4, -0.2) is 57.3 Å². The van der Waals surface area contributed by atoms with Crippen LogP contribution in [0.5, 0.6) is 0 Å². The topological polar surface area (TPSA) is 67.2 Å². The number of hydrogen-bond donors (Lipinski definition) is 1. The van der Waals surface area contributed by atoms with Crippen molar-refractivity contribution in [3.63, 3.8) is 0 Å². The lowest BCUT2D eigenvalue weighted by atomic mass is 10.1. The smallest absolute Gasteiger partial charge is 0.353 e. The Morgan fingerprint density at radius 1 is 1.20 bits per heavy atom. The number of alkyl halides is 3. The standard InChI is InChI=1S/C20H23F3N4O2S/c1-14(28)26-9-7-16(8-10-26)25-18(29)12-30-19-24-11-17(15-5-3-2-4-6-15)27(19)13-20(21,22)23/h2-6,11,16H,7-10,12-13H2,1H3,(H,25,29). The molecule has 0 unspecified atom stereocenters. The average Bonchev–Trinajstić information content (AvgIpc) is 3.08. The zero-order chi connectivity index (χ0) is 21.7. The molecule has 2 amide bonds. The first-order valence-corrected chi connectivity index (χ1v) is 10.6. The number of rotatable bonds is 6. The second kappa shape index (κ2) is 9.55. The SMILES string of the molecule is CC(=O)N1CCC(NC(=O)CSc2ncc(-c3ccccc3)n2CC(F)(F)F)CC1. The van der Waals surface area contributed by atoms with E-state index in [2.05, 4.69) is 10.3 Å². The molecule has 30 heavy (non-hydrogen) atoms. The third kappa shape index (κ3) is 6.01. The van der Waals surface area contributed by atoms with Crippen molar-refractivity contribution in [3.8, 4) is 11.3 Å². The van der Waals surface area contributed by atoms with Crippen LogP contribution in [-0.2, 0) is 16.1 Å². The summed E-state index contributed by atoms with van der Waals surface area (Å²) >= 11 is 0.981. The number of hydrogen-bond acceptors (Lipinski definition) is 4. The lowest BCUT2D eigenvalue weighted by Gasteiger charge is -2.31. The summed E-state index contributed by atoms with van der Waals surface area (Å²) < 4.78 is 40.5. The Bertz CT molecular complexity index is 878. The van der Waals surface area contributed by atoms with Gasteiger partial charge in [-0.2, -0.15) is 13.2 Å². The van der Waals surface area contributed by atoms with E-state index in [1.807, 2.05) is 0 Å². The quantitative estimate of drug-likeness (QED) is 0.700. The normalized spacial score (nSPS) is 15.3. The number of thioether (sulfide) groups is 1. The number of aromatic nitrogens is 2. The van der Waals surface area contributed by atoms with Gasteiger partial charge in [-0.05, 0) is 18.4 Å². The largest absolute Gasteiger partial charge is 0.406 e. The van der Waals surface area contributed by atoms with Crippen molar-refractivity contribution in [2.45, 2.75) is 43.7 Å². The minimum absolute atomic E-state index is 0.0149. The summed E-state index contributed by atoms with van der Waals surface area (Å²) in [5.41, 5.74) is 0.982. The highest BCUT2D eigenvalue weighted by Gasteiger charge is 2.31. The highest BCUT2D eigenvalue weighted by molar-refractivity contribution is 7.99. The number of imidazole rings is 1. The summed E-state index contributed by atoms with van der Waals surface area (Å²) in [4.78, 5) is 29.5. The van der Waals surface area contributed by atoms with Crippen LogP contribution in [0.3, 0.4) is 0 Å². The Kier molecular flexibility index (Phi) is 7.06. The van der Waals surface area contributed by atoms with E-state index in [1.165, 1.54) is 13.1 Å². The monoisotopic (exact) mass is 440 g/mol. The average molecular weight is 440 g/mol. The van der Waals surface area contributed by atoms with Gasteiger partial charge < -0.3 is 14.8 Å². The number of nitrogens with one attached hydrogen (secondary N) is 1. The van der Waals surface area contributed by atoms with Crippen LogP contribution in [0.2, 0.25) is 0 Å². The highest BCUT2D eigenvalue weighted by Crippen LogP contribution is 2.30. The molecule has 1 aromatic carbocycles. The van der Waals surface area contributed by atoms with Crippen LogP contribution < -0.4 is 5.32 Å². The van der Waals surface area contributed by atoms with Crippen LogP contribution in [0.15, 0.2) is 41.7 Å². The summed E-state index contributed by atoms with van der Waals surface area (Å²) in [6.07, 6.45) is -1.68. The lowest BCUT2D eigenvalue weighted by Crippen LogP contribution is -2.46. The van der Waals surface area contributed by atoms with E-state index in [0.29, 0.717) is 37.2 Å². The van der Waals surface area contributed by atoms with Gasteiger partial charge in [0.05, 0.1) is 17.6 Å². The van der Waals surface area contributed by atoms with E-state index in [-0.39, 0.29) is 28.8 Å². The minimum atomic E-state index is -4.41. The van der Waals surface area contributed by atoms with Crippen LogP contribution >= 0.6 is 11.8 Å². The van der Waals surface area contributed by atoms with Crippen LogP contribution in [0.4, 0.5) is 13.2 Å². The Labute approximate surface area is 176 Å². The lowest BCUT2D eigenvalue weighted by molar-refractivity contribution is -0.141. The van der Waals surface area contributed by atoms with E-state index in [9.17, 15) is 22.8 Å². The molecule has 162 valence electrons. The summed E-state index contributed by atoms with van der Waals surface area (Å²) in [5, 5.41) is 3.04. The van der Waals surface area contributed by atoms with Crippen molar-refractivity contribution in [2.24, 2.45) is 0 Å². The van der Waals surface area contributed by atoms with Gasteiger partial charge in [0.25, 0.3) is 0 Å². The van der Waals surface area contributed by atoms with Crippen molar-refractivity contribution in [3.05, 3.63) is 36.5 Å². The molecule has 3 rings (SSSR count). The third-order valence-electron chi connectivity index (χ3n) is 4.86. The molecule has 0 spiro atoms. The van der Waals surface area contributed by atoms with Gasteiger partial charge in [-0.25, -0.2) is 4.98 Å². The number of likely N-dealkylation sites (tertiary alicyclic amines) is 1. The van der Waals surface area contributed by atoms with Gasteiger partial charge in [0.1, 0.15) is 6.54 Å². The van der Waals surface area contributed by atoms with Crippen LogP contribution in [0.1, 0.15) is 19.8 Å². The molecule has 0 radical (unpaired) electrons. The molecule has 0 aliphatic carbocycles. The van der Waals surface area contributed by atoms with E-state index in [0.717, 1.165) is 16.3 Å². The zero-order valence-electron chi connectivity index (χ0n) is 16.5. The second-order valence-corrected chi connectivity index (χ2v) is 8.07. The fourth-order valence-electron chi connectivity index (χ4n) is 3.38. The number of carbonyl (C=O) groups is 2. The van der Waals surface area contributed by atoms with Gasteiger partial charge in [0, 0.05) is 26.1 Å². The first-order chi connectivity index (χ1) is 14.2. The van der Waals surface area contributed by atoms with E-state index in [1.54, 1.807) is 35.2 Å². The molecular weight excluding hydrogens is 417 g/mol. The molecule has 0 saturated carbocycles. The van der Waals surface area contributed by atoms with Crippen molar-refractivity contribution >= 4 is 23.6 Å². The van der Waals surface area contributed by atoms with E-state index < -0.39 is 12.7 Å². The molecule has 0 atom stereocenters. The number of benzene rings is 1. The summed E-state index contributed by atoms with van der Waals surface area (Å²) in [6.45, 7) is 1.51. The number of piperidine rings is 1. The summed E-state index contributed by atoms with van der Waals surface area (Å²) in [6, 6.07) is 8.69. The maximum absolute atomic E-state index is 13.1. The fourth-order valence-corrected chi connectivity index (χ4v) is 4.17. The van der Waals surface area contributed by atoms with Gasteiger partial charge in [0.2, 0.25) is 11.8 Å². The summed E-state index contributed by atoms with van der Waals surface area (Å²) in [7, 11) is 0. The first-order valence-electron chi connectivity index (χ1n) is 9.58. The number of amides is 2. The van der Waals surface area contributed by atoms with Gasteiger partial charge in [0.15, 0.2) is 5.16 Å². The number of nitrogens with zero attached hydrogens (tertiary/aromatic N) is 3. The van der Waals surface area contributed by atoms with Gasteiger partial charge in [-0.1, -0.05) is 42.1 Å². The molecular formula is C20H23F3N4O2S. The first kappa shape index (κ1) is 22.2. The van der Waals surface area contributed by atoms with E-state index >= 15 is 0 Å². The van der Waals surface area contributed by atoms with Gasteiger partial charge in [-0.3, -0.25) is 9.59 Å². The molecule has 6 nitrogen and oxygen atoms in total. The van der Waals surface area contributed by atoms with Gasteiger partial charge in [-0.15, -0.1) is 0 Å². The molecule has 2 heterocycles. The Morgan fingerprint density at radius 2 is 1.87 bits per heavy atom. The minimum Gasteiger partial charge on any atom is -0.353 e. The van der Waals surface area contributed by atoms with Crippen molar-refractivity contribution in [1.29, 1.82) is 0 Å². The maximum Gasteiger partial charge on any atom is 0.406 e. The molecule has 1 aromatic heterocycles.